The Morgan fingerprint density at radius 3 is 2.68 bits per heavy atom. The summed E-state index contributed by atoms with van der Waals surface area (Å²) in [5.41, 5.74) is 1.55. The van der Waals surface area contributed by atoms with Gasteiger partial charge in [0.05, 0.1) is 39.7 Å². The van der Waals surface area contributed by atoms with Crippen molar-refractivity contribution in [2.24, 2.45) is 0 Å². The second-order valence-electron chi connectivity index (χ2n) is 6.16. The highest BCUT2D eigenvalue weighted by atomic mass is 19.4. The van der Waals surface area contributed by atoms with Crippen LogP contribution in [0.5, 0.6) is 0 Å². The molecule has 28 heavy (non-hydrogen) atoms. The van der Waals surface area contributed by atoms with Gasteiger partial charge in [-0.05, 0) is 37.3 Å². The Balaban J connectivity index is 1.62. The molecule has 2 aromatic heterocycles. The van der Waals surface area contributed by atoms with Gasteiger partial charge in [-0.2, -0.15) is 18.3 Å². The maximum atomic E-state index is 12.9. The Labute approximate surface area is 157 Å². The summed E-state index contributed by atoms with van der Waals surface area (Å²) < 4.78 is 40.1. The van der Waals surface area contributed by atoms with E-state index in [0.717, 1.165) is 17.6 Å². The number of H-pyrrole nitrogens is 1. The molecule has 0 bridgehead atoms. The largest absolute Gasteiger partial charge is 0.416 e. The molecule has 0 unspecified atom stereocenters. The van der Waals surface area contributed by atoms with E-state index >= 15 is 0 Å². The lowest BCUT2D eigenvalue weighted by Gasteiger charge is -2.10. The molecule has 142 valence electrons. The van der Waals surface area contributed by atoms with Crippen LogP contribution in [-0.4, -0.2) is 25.7 Å². The molecule has 0 fully saturated rings. The van der Waals surface area contributed by atoms with Gasteiger partial charge >= 0.3 is 6.18 Å². The molecule has 4 rings (SSSR count). The molecule has 0 atom stereocenters. The second-order valence-corrected chi connectivity index (χ2v) is 6.16. The number of benzene rings is 2. The van der Waals surface area contributed by atoms with Crippen LogP contribution >= 0.6 is 0 Å². The maximum Gasteiger partial charge on any atom is 0.416 e. The van der Waals surface area contributed by atoms with Gasteiger partial charge in [-0.3, -0.25) is 10.1 Å². The highest BCUT2D eigenvalue weighted by molar-refractivity contribution is 6.04. The lowest BCUT2D eigenvalue weighted by molar-refractivity contribution is -0.137. The molecule has 2 heterocycles. The van der Waals surface area contributed by atoms with Crippen molar-refractivity contribution in [1.82, 2.24) is 19.7 Å². The predicted octanol–water partition coefficient (Wildman–Crippen LogP) is 4.33. The van der Waals surface area contributed by atoms with Crippen molar-refractivity contribution in [2.45, 2.75) is 13.1 Å². The summed E-state index contributed by atoms with van der Waals surface area (Å²) in [5.74, 6) is -0.188. The summed E-state index contributed by atoms with van der Waals surface area (Å²) in [6.45, 7) is 1.61. The second kappa shape index (κ2) is 6.52. The van der Waals surface area contributed by atoms with Crippen molar-refractivity contribution in [3.05, 3.63) is 71.5 Å². The minimum atomic E-state index is -4.46. The Morgan fingerprint density at radius 2 is 1.93 bits per heavy atom. The summed E-state index contributed by atoms with van der Waals surface area (Å²) in [6, 6.07) is 12.1. The molecule has 0 aliphatic heterocycles. The molecule has 0 radical (unpaired) electrons. The number of hydrogen-bond acceptors (Lipinski definition) is 3. The van der Waals surface area contributed by atoms with Gasteiger partial charge in [-0.1, -0.05) is 18.2 Å². The molecule has 0 spiro atoms. The third-order valence-electron chi connectivity index (χ3n) is 4.29. The van der Waals surface area contributed by atoms with E-state index in [1.165, 1.54) is 23.0 Å². The number of carbonyl (C=O) groups is 1. The summed E-state index contributed by atoms with van der Waals surface area (Å²) >= 11 is 0. The number of fused-ring (bicyclic) bond motifs is 1. The SMILES string of the molecule is Cc1c(C(=O)Nc2nc3ccccc3[nH]2)cnn1-c1cccc(C(F)(F)F)c1. The van der Waals surface area contributed by atoms with Gasteiger partial charge in [-0.15, -0.1) is 0 Å². The molecule has 1 amide bonds. The van der Waals surface area contributed by atoms with Gasteiger partial charge in [0.15, 0.2) is 0 Å². The number of anilines is 1. The number of amides is 1. The smallest absolute Gasteiger partial charge is 0.324 e. The number of imidazole rings is 1. The minimum absolute atomic E-state index is 0.218. The van der Waals surface area contributed by atoms with E-state index in [1.807, 2.05) is 18.2 Å². The van der Waals surface area contributed by atoms with Crippen LogP contribution in [0.3, 0.4) is 0 Å². The number of nitrogens with zero attached hydrogens (tertiary/aromatic N) is 3. The van der Waals surface area contributed by atoms with E-state index in [-0.39, 0.29) is 17.2 Å². The first kappa shape index (κ1) is 17.8. The fourth-order valence-electron chi connectivity index (χ4n) is 2.89. The number of hydrogen-bond donors (Lipinski definition) is 2. The zero-order chi connectivity index (χ0) is 19.9. The lowest BCUT2D eigenvalue weighted by atomic mass is 10.2. The third-order valence-corrected chi connectivity index (χ3v) is 4.29. The highest BCUT2D eigenvalue weighted by Gasteiger charge is 2.30. The van der Waals surface area contributed by atoms with E-state index in [4.69, 9.17) is 0 Å². The number of rotatable bonds is 3. The van der Waals surface area contributed by atoms with Gasteiger partial charge in [0.25, 0.3) is 5.91 Å². The molecule has 4 aromatic rings. The van der Waals surface area contributed by atoms with Crippen molar-refractivity contribution in [3.63, 3.8) is 0 Å². The Kier molecular flexibility index (Phi) is 4.14. The van der Waals surface area contributed by atoms with Crippen molar-refractivity contribution < 1.29 is 18.0 Å². The first-order valence-electron chi connectivity index (χ1n) is 8.31. The predicted molar refractivity (Wildman–Crippen MR) is 97.3 cm³/mol. The normalized spacial score (nSPS) is 11.7. The highest BCUT2D eigenvalue weighted by Crippen LogP contribution is 2.30. The van der Waals surface area contributed by atoms with Crippen LogP contribution in [0.2, 0.25) is 0 Å². The lowest BCUT2D eigenvalue weighted by Crippen LogP contribution is -2.14. The van der Waals surface area contributed by atoms with Crippen LogP contribution in [0.25, 0.3) is 16.7 Å². The maximum absolute atomic E-state index is 12.9. The van der Waals surface area contributed by atoms with Gasteiger partial charge in [0, 0.05) is 0 Å². The van der Waals surface area contributed by atoms with Crippen LogP contribution in [0.4, 0.5) is 19.1 Å². The van der Waals surface area contributed by atoms with Crippen molar-refractivity contribution >= 4 is 22.9 Å². The first-order chi connectivity index (χ1) is 13.3. The minimum Gasteiger partial charge on any atom is -0.324 e. The monoisotopic (exact) mass is 385 g/mol. The fourth-order valence-corrected chi connectivity index (χ4v) is 2.89. The average molecular weight is 385 g/mol. The zero-order valence-corrected chi connectivity index (χ0v) is 14.6. The Bertz CT molecular complexity index is 1140. The van der Waals surface area contributed by atoms with Gasteiger partial charge in [0.1, 0.15) is 0 Å². The topological polar surface area (TPSA) is 75.6 Å². The molecule has 0 saturated carbocycles. The van der Waals surface area contributed by atoms with E-state index in [2.05, 4.69) is 20.4 Å². The molecular weight excluding hydrogens is 371 g/mol. The molecular formula is C19H14F3N5O. The number of para-hydroxylation sites is 2. The van der Waals surface area contributed by atoms with Crippen LogP contribution in [0, 0.1) is 6.92 Å². The Hall–Kier alpha value is -3.62. The van der Waals surface area contributed by atoms with Crippen LogP contribution in [0.1, 0.15) is 21.6 Å². The molecule has 2 N–H and O–H groups in total. The number of halogens is 3. The van der Waals surface area contributed by atoms with Crippen molar-refractivity contribution in [2.75, 3.05) is 5.32 Å². The van der Waals surface area contributed by atoms with Crippen molar-refractivity contribution in [1.29, 1.82) is 0 Å². The number of carbonyl (C=O) groups excluding carboxylic acids is 1. The fraction of sp³-hybridized carbons (Fsp3) is 0.105. The van der Waals surface area contributed by atoms with Crippen LogP contribution in [-0.2, 0) is 6.18 Å². The van der Waals surface area contributed by atoms with E-state index in [9.17, 15) is 18.0 Å². The molecule has 0 saturated heterocycles. The number of aromatic nitrogens is 4. The van der Waals surface area contributed by atoms with E-state index in [0.29, 0.717) is 11.2 Å². The number of aromatic amines is 1. The van der Waals surface area contributed by atoms with Crippen LogP contribution < -0.4 is 5.32 Å². The summed E-state index contributed by atoms with van der Waals surface area (Å²) in [4.78, 5) is 19.8. The summed E-state index contributed by atoms with van der Waals surface area (Å²) in [5, 5.41) is 6.72. The molecule has 6 nitrogen and oxygen atoms in total. The van der Waals surface area contributed by atoms with E-state index < -0.39 is 17.6 Å². The van der Waals surface area contributed by atoms with Gasteiger partial charge < -0.3 is 4.98 Å². The molecule has 2 aromatic carbocycles. The molecule has 9 heteroatoms. The quantitative estimate of drug-likeness (QED) is 0.551. The Morgan fingerprint density at radius 1 is 1.14 bits per heavy atom. The number of alkyl halides is 3. The van der Waals surface area contributed by atoms with Gasteiger partial charge in [-0.25, -0.2) is 9.67 Å². The zero-order valence-electron chi connectivity index (χ0n) is 14.6. The standard InChI is InChI=1S/C19H14F3N5O/c1-11-14(17(28)26-18-24-15-7-2-3-8-16(15)25-18)10-23-27(11)13-6-4-5-12(9-13)19(20,21)22/h2-10H,1H3,(H2,24,25,26,28). The first-order valence-corrected chi connectivity index (χ1v) is 8.31. The average Bonchev–Trinajstić information content (AvgIpc) is 3.23. The third kappa shape index (κ3) is 3.22. The van der Waals surface area contributed by atoms with Gasteiger partial charge in [0.2, 0.25) is 5.95 Å². The van der Waals surface area contributed by atoms with E-state index in [1.54, 1.807) is 13.0 Å². The van der Waals surface area contributed by atoms with Crippen LogP contribution in [0.15, 0.2) is 54.7 Å². The molecule has 0 aliphatic carbocycles. The number of nitrogens with one attached hydrogen (secondary N) is 2. The summed E-state index contributed by atoms with van der Waals surface area (Å²) in [6.07, 6.45) is -3.15. The van der Waals surface area contributed by atoms with Crippen molar-refractivity contribution in [3.8, 4) is 5.69 Å². The summed E-state index contributed by atoms with van der Waals surface area (Å²) in [7, 11) is 0. The molecule has 0 aliphatic rings.